The van der Waals surface area contributed by atoms with Crippen molar-refractivity contribution in [2.24, 2.45) is 10.7 Å². The van der Waals surface area contributed by atoms with Crippen molar-refractivity contribution in [3.8, 4) is 0 Å². The molecule has 0 saturated carbocycles. The minimum Gasteiger partial charge on any atom is -0.386 e. The number of rotatable bonds is 6. The van der Waals surface area contributed by atoms with Gasteiger partial charge in [-0.25, -0.2) is 0 Å². The van der Waals surface area contributed by atoms with Gasteiger partial charge in [0.25, 0.3) is 5.91 Å². The summed E-state index contributed by atoms with van der Waals surface area (Å²) in [6, 6.07) is 6.91. The smallest absolute Gasteiger partial charge is 0.257 e. The second-order valence-corrected chi connectivity index (χ2v) is 10.4. The van der Waals surface area contributed by atoms with Gasteiger partial charge in [-0.15, -0.1) is 11.8 Å². The third-order valence-electron chi connectivity index (χ3n) is 4.22. The summed E-state index contributed by atoms with van der Waals surface area (Å²) in [5.41, 5.74) is 6.84. The number of nitrogens with two attached hydrogens (primary N) is 1. The SMILES string of the molecule is CS/C(=C\C(Cl)=C\C1CS(=O)C(C)(C)C(N)=N1)C(=O)NCc1cccc(Cl)c1. The molecule has 5 nitrogen and oxygen atoms in total. The van der Waals surface area contributed by atoms with Crippen molar-refractivity contribution < 1.29 is 9.00 Å². The molecule has 0 spiro atoms. The van der Waals surface area contributed by atoms with Crippen LogP contribution < -0.4 is 11.1 Å². The third-order valence-corrected chi connectivity index (χ3v) is 7.42. The van der Waals surface area contributed by atoms with Crippen molar-refractivity contribution in [3.63, 3.8) is 0 Å². The molecule has 2 rings (SSSR count). The van der Waals surface area contributed by atoms with Crippen LogP contribution in [0.3, 0.4) is 0 Å². The van der Waals surface area contributed by atoms with Gasteiger partial charge in [0, 0.05) is 27.4 Å². The van der Waals surface area contributed by atoms with Gasteiger partial charge in [-0.1, -0.05) is 35.3 Å². The van der Waals surface area contributed by atoms with E-state index in [1.54, 1.807) is 44.4 Å². The van der Waals surface area contributed by atoms with Crippen LogP contribution >= 0.6 is 35.0 Å². The zero-order valence-corrected chi connectivity index (χ0v) is 19.0. The number of aliphatic imine (C=N–C) groups is 1. The maximum absolute atomic E-state index is 12.4. The van der Waals surface area contributed by atoms with E-state index in [2.05, 4.69) is 10.3 Å². The summed E-state index contributed by atoms with van der Waals surface area (Å²) in [7, 11) is -1.15. The summed E-state index contributed by atoms with van der Waals surface area (Å²) >= 11 is 13.5. The molecular weight excluding hydrogens is 437 g/mol. The Kier molecular flexibility index (Phi) is 8.18. The van der Waals surface area contributed by atoms with Crippen molar-refractivity contribution in [3.05, 3.63) is 56.9 Å². The molecule has 0 radical (unpaired) electrons. The molecule has 2 atom stereocenters. The highest BCUT2D eigenvalue weighted by atomic mass is 35.5. The van der Waals surface area contributed by atoms with E-state index < -0.39 is 15.5 Å². The Balaban J connectivity index is 2.08. The molecule has 0 bridgehead atoms. The molecule has 0 fully saturated rings. The van der Waals surface area contributed by atoms with E-state index in [0.717, 1.165) is 5.56 Å². The molecule has 2 unspecified atom stereocenters. The minimum atomic E-state index is -1.15. The lowest BCUT2D eigenvalue weighted by molar-refractivity contribution is -0.116. The first-order chi connectivity index (χ1) is 13.1. The van der Waals surface area contributed by atoms with Crippen LogP contribution in [0, 0.1) is 0 Å². The normalized spacial score (nSPS) is 22.5. The number of allylic oxidation sites excluding steroid dienone is 2. The van der Waals surface area contributed by atoms with Crippen LogP contribution in [0.2, 0.25) is 5.02 Å². The van der Waals surface area contributed by atoms with Crippen molar-refractivity contribution >= 4 is 57.5 Å². The van der Waals surface area contributed by atoms with Gasteiger partial charge in [-0.05, 0) is 50.0 Å². The number of halogens is 2. The van der Waals surface area contributed by atoms with Crippen LogP contribution in [-0.2, 0) is 22.1 Å². The van der Waals surface area contributed by atoms with Crippen LogP contribution in [0.4, 0.5) is 0 Å². The van der Waals surface area contributed by atoms with Gasteiger partial charge in [-0.2, -0.15) is 0 Å². The van der Waals surface area contributed by atoms with Gasteiger partial charge in [0.2, 0.25) is 0 Å². The maximum Gasteiger partial charge on any atom is 0.257 e. The predicted octanol–water partition coefficient (Wildman–Crippen LogP) is 3.59. The number of amides is 1. The van der Waals surface area contributed by atoms with Crippen LogP contribution in [0.15, 0.2) is 51.3 Å². The molecule has 1 heterocycles. The summed E-state index contributed by atoms with van der Waals surface area (Å²) in [6.45, 7) is 3.97. The summed E-state index contributed by atoms with van der Waals surface area (Å²) in [6.07, 6.45) is 5.04. The van der Waals surface area contributed by atoms with E-state index in [-0.39, 0.29) is 11.9 Å². The Hall–Kier alpha value is -1.28. The van der Waals surface area contributed by atoms with E-state index in [9.17, 15) is 9.00 Å². The maximum atomic E-state index is 12.4. The van der Waals surface area contributed by atoms with E-state index in [1.165, 1.54) is 11.8 Å². The van der Waals surface area contributed by atoms with Gasteiger partial charge >= 0.3 is 0 Å². The molecule has 0 aromatic heterocycles. The summed E-state index contributed by atoms with van der Waals surface area (Å²) in [4.78, 5) is 17.3. The van der Waals surface area contributed by atoms with Crippen molar-refractivity contribution in [1.29, 1.82) is 0 Å². The molecule has 0 aliphatic carbocycles. The molecule has 1 aromatic carbocycles. The molecule has 1 amide bonds. The van der Waals surface area contributed by atoms with Crippen molar-refractivity contribution in [1.82, 2.24) is 5.32 Å². The number of benzene rings is 1. The highest BCUT2D eigenvalue weighted by Gasteiger charge is 2.35. The van der Waals surface area contributed by atoms with Crippen LogP contribution in [0.5, 0.6) is 0 Å². The van der Waals surface area contributed by atoms with Crippen molar-refractivity contribution in [2.75, 3.05) is 12.0 Å². The second kappa shape index (κ2) is 9.96. The quantitative estimate of drug-likeness (QED) is 0.502. The number of hydrogen-bond donors (Lipinski definition) is 2. The first-order valence-corrected chi connectivity index (χ1v) is 11.8. The lowest BCUT2D eigenvalue weighted by Gasteiger charge is -2.29. The van der Waals surface area contributed by atoms with Gasteiger partial charge in [-0.3, -0.25) is 14.0 Å². The predicted molar refractivity (Wildman–Crippen MR) is 121 cm³/mol. The molecule has 28 heavy (non-hydrogen) atoms. The van der Waals surface area contributed by atoms with Gasteiger partial charge in [0.05, 0.1) is 21.4 Å². The monoisotopic (exact) mass is 459 g/mol. The fraction of sp³-hybridized carbons (Fsp3) is 0.368. The van der Waals surface area contributed by atoms with E-state index in [4.69, 9.17) is 28.9 Å². The lowest BCUT2D eigenvalue weighted by Crippen LogP contribution is -2.48. The molecule has 1 aliphatic rings. The average molecular weight is 460 g/mol. The molecule has 1 aromatic rings. The summed E-state index contributed by atoms with van der Waals surface area (Å²) < 4.78 is 11.7. The molecule has 0 saturated heterocycles. The Bertz CT molecular complexity index is 866. The average Bonchev–Trinajstić information content (AvgIpc) is 2.62. The number of nitrogens with zero attached hydrogens (tertiary/aromatic N) is 1. The molecule has 3 N–H and O–H groups in total. The fourth-order valence-electron chi connectivity index (χ4n) is 2.43. The van der Waals surface area contributed by atoms with Gasteiger partial charge < -0.3 is 11.1 Å². The number of amidine groups is 1. The van der Waals surface area contributed by atoms with E-state index >= 15 is 0 Å². The Labute approximate surface area is 182 Å². The zero-order valence-electron chi connectivity index (χ0n) is 15.9. The fourth-order valence-corrected chi connectivity index (χ4v) is 4.65. The van der Waals surface area contributed by atoms with E-state index in [1.807, 2.05) is 12.1 Å². The number of hydrogen-bond acceptors (Lipinski definition) is 5. The van der Waals surface area contributed by atoms with Gasteiger partial charge in [0.15, 0.2) is 0 Å². The Morgan fingerprint density at radius 1 is 1.50 bits per heavy atom. The highest BCUT2D eigenvalue weighted by Crippen LogP contribution is 2.24. The molecular formula is C19H23Cl2N3O2S2. The Morgan fingerprint density at radius 2 is 2.21 bits per heavy atom. The first-order valence-electron chi connectivity index (χ1n) is 8.51. The van der Waals surface area contributed by atoms with Gasteiger partial charge in [0.1, 0.15) is 5.84 Å². The largest absolute Gasteiger partial charge is 0.386 e. The minimum absolute atomic E-state index is 0.240. The van der Waals surface area contributed by atoms with Crippen molar-refractivity contribution in [2.45, 2.75) is 31.2 Å². The van der Waals surface area contributed by atoms with Crippen LogP contribution in [-0.4, -0.2) is 38.7 Å². The van der Waals surface area contributed by atoms with Crippen LogP contribution in [0.25, 0.3) is 0 Å². The van der Waals surface area contributed by atoms with E-state index in [0.29, 0.717) is 33.1 Å². The summed E-state index contributed by atoms with van der Waals surface area (Å²) in [5.74, 6) is 0.444. The summed E-state index contributed by atoms with van der Waals surface area (Å²) in [5, 5.41) is 3.81. The topological polar surface area (TPSA) is 84.6 Å². The highest BCUT2D eigenvalue weighted by molar-refractivity contribution is 8.03. The number of carbonyl (C=O) groups excluding carboxylic acids is 1. The second-order valence-electron chi connectivity index (χ2n) is 6.68. The molecule has 152 valence electrons. The zero-order chi connectivity index (χ0) is 20.9. The standard InChI is InChI=1S/C19H23Cl2N3O2S2/c1-19(2)18(22)24-15(11-28(19)26)8-14(21)9-16(27-3)17(25)23-10-12-5-4-6-13(20)7-12/h4-9,15H,10-11H2,1-3H3,(H2,22,24)(H,23,25)/b14-8-,16-9-. The van der Waals surface area contributed by atoms with Crippen LogP contribution in [0.1, 0.15) is 19.4 Å². The number of thioether (sulfide) groups is 1. The Morgan fingerprint density at radius 3 is 2.82 bits per heavy atom. The third kappa shape index (κ3) is 6.11. The lowest BCUT2D eigenvalue weighted by atomic mass is 10.1. The number of carbonyl (C=O) groups is 1. The molecule has 1 aliphatic heterocycles. The number of nitrogens with one attached hydrogen (secondary N) is 1. The first kappa shape index (κ1) is 23.0. The molecule has 9 heteroatoms.